The number of aryl methyl sites for hydroxylation is 1. The second kappa shape index (κ2) is 3.35. The quantitative estimate of drug-likeness (QED) is 0.499. The molecule has 0 unspecified atom stereocenters. The van der Waals surface area contributed by atoms with Gasteiger partial charge in [-0.3, -0.25) is 0 Å². The van der Waals surface area contributed by atoms with Gasteiger partial charge in [0, 0.05) is 9.79 Å². The van der Waals surface area contributed by atoms with Crippen molar-refractivity contribution in [1.82, 2.24) is 0 Å². The van der Waals surface area contributed by atoms with Crippen LogP contribution < -0.4 is 0 Å². The zero-order valence-corrected chi connectivity index (χ0v) is 7.80. The van der Waals surface area contributed by atoms with E-state index >= 15 is 0 Å². The summed E-state index contributed by atoms with van der Waals surface area (Å²) >= 11 is 6.05. The van der Waals surface area contributed by atoms with Crippen molar-refractivity contribution in [1.29, 1.82) is 0 Å². The third-order valence-corrected chi connectivity index (χ3v) is 2.65. The highest BCUT2D eigenvalue weighted by Gasteiger charge is 1.94. The van der Waals surface area contributed by atoms with Crippen LogP contribution in [0.3, 0.4) is 0 Å². The monoisotopic (exact) mass is 170 g/mol. The summed E-state index contributed by atoms with van der Waals surface area (Å²) in [6.45, 7) is 2.07. The molecule has 0 radical (unpaired) electrons. The van der Waals surface area contributed by atoms with Crippen LogP contribution in [0.15, 0.2) is 28.0 Å². The molecule has 2 heteroatoms. The topological polar surface area (TPSA) is 0 Å². The van der Waals surface area contributed by atoms with Crippen LogP contribution in [0.4, 0.5) is 0 Å². The van der Waals surface area contributed by atoms with Gasteiger partial charge in [-0.05, 0) is 30.9 Å². The van der Waals surface area contributed by atoms with Gasteiger partial charge in [0.25, 0.3) is 0 Å². The molecule has 1 rings (SSSR count). The van der Waals surface area contributed by atoms with Crippen LogP contribution in [0.1, 0.15) is 5.56 Å². The summed E-state index contributed by atoms with van der Waals surface area (Å²) in [5, 5.41) is 0. The molecule has 0 bridgehead atoms. The maximum atomic E-state index is 4.33. The van der Waals surface area contributed by atoms with E-state index in [0.717, 1.165) is 4.90 Å². The maximum absolute atomic E-state index is 4.33. The lowest BCUT2D eigenvalue weighted by Gasteiger charge is -2.00. The molecule has 54 valence electrons. The van der Waals surface area contributed by atoms with Gasteiger partial charge in [0.1, 0.15) is 0 Å². The molecule has 0 amide bonds. The highest BCUT2D eigenvalue weighted by molar-refractivity contribution is 7.99. The Labute approximate surface area is 71.4 Å². The lowest BCUT2D eigenvalue weighted by Crippen LogP contribution is -1.75. The van der Waals surface area contributed by atoms with E-state index in [1.54, 1.807) is 11.8 Å². The molecule has 1 aromatic rings. The van der Waals surface area contributed by atoms with Gasteiger partial charge in [-0.2, -0.15) is 0 Å². The fourth-order valence-electron chi connectivity index (χ4n) is 0.800. The lowest BCUT2D eigenvalue weighted by atomic mass is 10.2. The standard InChI is InChI=1S/C8H10S2/c1-6-3-4-8(10-2)7(9)5-6/h3-5,9H,1-2H3. The number of rotatable bonds is 1. The van der Waals surface area contributed by atoms with E-state index in [9.17, 15) is 0 Å². The molecule has 0 spiro atoms. The predicted octanol–water partition coefficient (Wildman–Crippen LogP) is 3.01. The van der Waals surface area contributed by atoms with Gasteiger partial charge >= 0.3 is 0 Å². The van der Waals surface area contributed by atoms with Gasteiger partial charge in [-0.25, -0.2) is 0 Å². The first kappa shape index (κ1) is 8.02. The molecule has 0 fully saturated rings. The first-order valence-corrected chi connectivity index (χ1v) is 4.75. The fraction of sp³-hybridized carbons (Fsp3) is 0.250. The Balaban J connectivity index is 3.07. The number of thiol groups is 1. The molecule has 0 heterocycles. The number of hydrogen-bond acceptors (Lipinski definition) is 2. The largest absolute Gasteiger partial charge is 0.142 e. The van der Waals surface area contributed by atoms with Crippen LogP contribution in [0.25, 0.3) is 0 Å². The average Bonchev–Trinajstić information content (AvgIpc) is 1.88. The van der Waals surface area contributed by atoms with E-state index in [-0.39, 0.29) is 0 Å². The van der Waals surface area contributed by atoms with E-state index < -0.39 is 0 Å². The summed E-state index contributed by atoms with van der Waals surface area (Å²) < 4.78 is 0. The van der Waals surface area contributed by atoms with Crippen molar-refractivity contribution < 1.29 is 0 Å². The van der Waals surface area contributed by atoms with Gasteiger partial charge in [-0.15, -0.1) is 24.4 Å². The van der Waals surface area contributed by atoms with Gasteiger partial charge in [0.2, 0.25) is 0 Å². The average molecular weight is 170 g/mol. The molecule has 1 aromatic carbocycles. The number of thioether (sulfide) groups is 1. The maximum Gasteiger partial charge on any atom is 0.0203 e. The van der Waals surface area contributed by atoms with Gasteiger partial charge < -0.3 is 0 Å². The molecule has 0 aliphatic heterocycles. The van der Waals surface area contributed by atoms with Crippen molar-refractivity contribution in [2.75, 3.05) is 6.26 Å². The lowest BCUT2D eigenvalue weighted by molar-refractivity contribution is 1.22. The first-order chi connectivity index (χ1) is 4.74. The highest BCUT2D eigenvalue weighted by Crippen LogP contribution is 2.23. The van der Waals surface area contributed by atoms with Crippen molar-refractivity contribution in [2.45, 2.75) is 16.7 Å². The summed E-state index contributed by atoms with van der Waals surface area (Å²) in [5.74, 6) is 0. The van der Waals surface area contributed by atoms with Crippen molar-refractivity contribution in [3.8, 4) is 0 Å². The minimum Gasteiger partial charge on any atom is -0.142 e. The SMILES string of the molecule is CSc1ccc(C)cc1S. The Bertz CT molecular complexity index is 231. The second-order valence-corrected chi connectivity index (χ2v) is 3.51. The molecule has 10 heavy (non-hydrogen) atoms. The van der Waals surface area contributed by atoms with Crippen LogP contribution in [-0.2, 0) is 0 Å². The fourth-order valence-corrected chi connectivity index (χ4v) is 1.82. The summed E-state index contributed by atoms with van der Waals surface area (Å²) in [6.07, 6.45) is 2.06. The predicted molar refractivity (Wildman–Crippen MR) is 50.2 cm³/mol. The smallest absolute Gasteiger partial charge is 0.0203 e. The van der Waals surface area contributed by atoms with Crippen molar-refractivity contribution in [3.05, 3.63) is 23.8 Å². The molecular weight excluding hydrogens is 160 g/mol. The Hall–Kier alpha value is -0.0800. The molecule has 0 aliphatic rings. The third-order valence-electron chi connectivity index (χ3n) is 1.33. The zero-order chi connectivity index (χ0) is 7.56. The number of benzene rings is 1. The normalized spacial score (nSPS) is 9.90. The summed E-state index contributed by atoms with van der Waals surface area (Å²) in [5.41, 5.74) is 1.27. The van der Waals surface area contributed by atoms with E-state index in [1.165, 1.54) is 10.5 Å². The van der Waals surface area contributed by atoms with Gasteiger partial charge in [0.15, 0.2) is 0 Å². The van der Waals surface area contributed by atoms with Gasteiger partial charge in [0.05, 0.1) is 0 Å². The molecule has 0 N–H and O–H groups in total. The molecule has 0 nitrogen and oxygen atoms in total. The summed E-state index contributed by atoms with van der Waals surface area (Å²) in [6, 6.07) is 6.28. The van der Waals surface area contributed by atoms with E-state index in [2.05, 4.69) is 44.0 Å². The Morgan fingerprint density at radius 2 is 2.10 bits per heavy atom. The first-order valence-electron chi connectivity index (χ1n) is 3.07. The Morgan fingerprint density at radius 3 is 2.60 bits per heavy atom. The molecule has 0 atom stereocenters. The Morgan fingerprint density at radius 1 is 1.40 bits per heavy atom. The van der Waals surface area contributed by atoms with Crippen molar-refractivity contribution >= 4 is 24.4 Å². The van der Waals surface area contributed by atoms with Crippen LogP contribution >= 0.6 is 24.4 Å². The Kier molecular flexibility index (Phi) is 2.69. The van der Waals surface area contributed by atoms with E-state index in [0.29, 0.717) is 0 Å². The van der Waals surface area contributed by atoms with Crippen molar-refractivity contribution in [3.63, 3.8) is 0 Å². The molecule has 0 aromatic heterocycles. The van der Waals surface area contributed by atoms with Crippen LogP contribution in [0.5, 0.6) is 0 Å². The second-order valence-electron chi connectivity index (χ2n) is 2.18. The van der Waals surface area contributed by atoms with E-state index in [1.807, 2.05) is 0 Å². The molecule has 0 saturated carbocycles. The van der Waals surface area contributed by atoms with Crippen LogP contribution in [0, 0.1) is 6.92 Å². The van der Waals surface area contributed by atoms with Crippen LogP contribution in [0.2, 0.25) is 0 Å². The number of hydrogen-bond donors (Lipinski definition) is 1. The van der Waals surface area contributed by atoms with Gasteiger partial charge in [-0.1, -0.05) is 6.07 Å². The minimum atomic E-state index is 1.08. The third kappa shape index (κ3) is 1.70. The van der Waals surface area contributed by atoms with E-state index in [4.69, 9.17) is 0 Å². The molecular formula is C8H10S2. The minimum absolute atomic E-state index is 1.08. The van der Waals surface area contributed by atoms with Crippen molar-refractivity contribution in [2.24, 2.45) is 0 Å². The molecule has 0 saturated heterocycles. The highest BCUT2D eigenvalue weighted by atomic mass is 32.2. The summed E-state index contributed by atoms with van der Waals surface area (Å²) in [7, 11) is 0. The molecule has 0 aliphatic carbocycles. The van der Waals surface area contributed by atoms with Crippen LogP contribution in [-0.4, -0.2) is 6.26 Å². The summed E-state index contributed by atoms with van der Waals surface area (Å²) in [4.78, 5) is 2.32. The zero-order valence-electron chi connectivity index (χ0n) is 6.09.